The summed E-state index contributed by atoms with van der Waals surface area (Å²) in [6.07, 6.45) is 4.95. The van der Waals surface area contributed by atoms with Gasteiger partial charge in [-0.1, -0.05) is 18.2 Å². The Labute approximate surface area is 160 Å². The zero-order valence-electron chi connectivity index (χ0n) is 16.2. The van der Waals surface area contributed by atoms with Gasteiger partial charge >= 0.3 is 0 Å². The van der Waals surface area contributed by atoms with E-state index in [0.717, 1.165) is 24.0 Å². The van der Waals surface area contributed by atoms with E-state index in [1.165, 1.54) is 25.7 Å². The van der Waals surface area contributed by atoms with Crippen LogP contribution in [0.25, 0.3) is 10.9 Å². The van der Waals surface area contributed by atoms with Gasteiger partial charge in [0.25, 0.3) is 5.91 Å². The number of piperazine rings is 1. The third-order valence-electron chi connectivity index (χ3n) is 7.06. The lowest BCUT2D eigenvalue weighted by Crippen LogP contribution is -2.60. The van der Waals surface area contributed by atoms with Crippen molar-refractivity contribution in [2.75, 3.05) is 27.2 Å². The van der Waals surface area contributed by atoms with Gasteiger partial charge in [-0.3, -0.25) is 14.4 Å². The van der Waals surface area contributed by atoms with Crippen LogP contribution in [0, 0.1) is 11.8 Å². The van der Waals surface area contributed by atoms with Crippen LogP contribution in [0.2, 0.25) is 0 Å². The van der Waals surface area contributed by atoms with Gasteiger partial charge in [0.05, 0.1) is 11.6 Å². The Kier molecular flexibility index (Phi) is 4.02. The molecule has 6 nitrogen and oxygen atoms in total. The third-order valence-corrected chi connectivity index (χ3v) is 7.06. The number of carbonyl (C=O) groups excluding carboxylic acids is 1. The van der Waals surface area contributed by atoms with Crippen LogP contribution in [0.5, 0.6) is 0 Å². The number of fused-ring (bicyclic) bond motifs is 3. The molecule has 3 fully saturated rings. The summed E-state index contributed by atoms with van der Waals surface area (Å²) in [6, 6.07) is 9.67. The lowest BCUT2D eigenvalue weighted by Gasteiger charge is -2.51. The van der Waals surface area contributed by atoms with Crippen LogP contribution in [0.4, 0.5) is 0 Å². The molecule has 2 N–H and O–H groups in total. The van der Waals surface area contributed by atoms with Crippen LogP contribution in [0.3, 0.4) is 0 Å². The first-order valence-electron chi connectivity index (χ1n) is 10.2. The van der Waals surface area contributed by atoms with Crippen molar-refractivity contribution in [3.63, 3.8) is 0 Å². The standard InChI is InChI=1S/C21H29N5O/c1-24-11-15-9-14(10-16(12-24)25(15)2)20(13-7-8-13)26-18-6-4-3-5-17(18)19(23-26)21(22)27/h3-6,13-16,20H,7-12H2,1-2H3,(H2,22,27). The summed E-state index contributed by atoms with van der Waals surface area (Å²) in [4.78, 5) is 17.1. The smallest absolute Gasteiger partial charge is 0.269 e. The monoisotopic (exact) mass is 367 g/mol. The second kappa shape index (κ2) is 6.31. The van der Waals surface area contributed by atoms with Crippen LogP contribution in [-0.2, 0) is 0 Å². The molecule has 27 heavy (non-hydrogen) atoms. The van der Waals surface area contributed by atoms with Gasteiger partial charge in [0.2, 0.25) is 0 Å². The number of benzene rings is 1. The van der Waals surface area contributed by atoms with Crippen molar-refractivity contribution in [3.8, 4) is 0 Å². The van der Waals surface area contributed by atoms with E-state index in [1.807, 2.05) is 18.2 Å². The number of likely N-dealkylation sites (tertiary alicyclic amines) is 1. The summed E-state index contributed by atoms with van der Waals surface area (Å²) >= 11 is 0. The van der Waals surface area contributed by atoms with Crippen molar-refractivity contribution < 1.29 is 4.79 Å². The minimum absolute atomic E-state index is 0.380. The van der Waals surface area contributed by atoms with Gasteiger partial charge in [-0.05, 0) is 57.7 Å². The number of piperidine rings is 1. The highest BCUT2D eigenvalue weighted by Crippen LogP contribution is 2.49. The first kappa shape index (κ1) is 17.2. The predicted octanol–water partition coefficient (Wildman–Crippen LogP) is 2.11. The maximum absolute atomic E-state index is 12.0. The summed E-state index contributed by atoms with van der Waals surface area (Å²) in [5, 5.41) is 5.66. The first-order valence-corrected chi connectivity index (χ1v) is 10.2. The molecule has 3 atom stereocenters. The maximum Gasteiger partial charge on any atom is 0.269 e. The van der Waals surface area contributed by atoms with E-state index in [2.05, 4.69) is 34.6 Å². The molecule has 144 valence electrons. The zero-order valence-corrected chi connectivity index (χ0v) is 16.2. The van der Waals surface area contributed by atoms with Gasteiger partial charge in [0.1, 0.15) is 0 Å². The minimum atomic E-state index is -0.429. The molecule has 2 bridgehead atoms. The van der Waals surface area contributed by atoms with E-state index >= 15 is 0 Å². The highest BCUT2D eigenvalue weighted by Gasteiger charge is 2.46. The second-order valence-electron chi connectivity index (χ2n) is 8.93. The van der Waals surface area contributed by atoms with Crippen molar-refractivity contribution in [2.24, 2.45) is 17.6 Å². The van der Waals surface area contributed by atoms with Crippen molar-refractivity contribution in [1.29, 1.82) is 0 Å². The normalized spacial score (nSPS) is 30.5. The SMILES string of the molecule is CN1CC2CC(C(C3CC3)n3nc(C(N)=O)c4ccccc43)CC(C1)N2C. The van der Waals surface area contributed by atoms with Gasteiger partial charge in [0.15, 0.2) is 5.69 Å². The Hall–Kier alpha value is -1.92. The van der Waals surface area contributed by atoms with Crippen molar-refractivity contribution in [2.45, 2.75) is 43.8 Å². The Morgan fingerprint density at radius 2 is 1.78 bits per heavy atom. The minimum Gasteiger partial charge on any atom is -0.364 e. The maximum atomic E-state index is 12.0. The highest BCUT2D eigenvalue weighted by atomic mass is 16.1. The Morgan fingerprint density at radius 3 is 2.41 bits per heavy atom. The van der Waals surface area contributed by atoms with Gasteiger partial charge in [-0.2, -0.15) is 5.10 Å². The number of aromatic nitrogens is 2. The number of amides is 1. The molecule has 0 spiro atoms. The highest BCUT2D eigenvalue weighted by molar-refractivity contribution is 6.04. The third kappa shape index (κ3) is 2.86. The topological polar surface area (TPSA) is 67.4 Å². The Morgan fingerprint density at radius 1 is 1.11 bits per heavy atom. The summed E-state index contributed by atoms with van der Waals surface area (Å²) in [6.45, 7) is 2.29. The van der Waals surface area contributed by atoms with Crippen LogP contribution in [-0.4, -0.2) is 64.8 Å². The molecule has 2 aromatic rings. The molecule has 1 aromatic heterocycles. The van der Waals surface area contributed by atoms with E-state index in [1.54, 1.807) is 0 Å². The molecular formula is C21H29N5O. The molecule has 2 aliphatic heterocycles. The quantitative estimate of drug-likeness (QED) is 0.899. The Bertz CT molecular complexity index is 857. The number of nitrogens with two attached hydrogens (primary N) is 1. The number of para-hydroxylation sites is 1. The number of likely N-dealkylation sites (N-methyl/N-ethyl adjacent to an activating group) is 2. The van der Waals surface area contributed by atoms with Crippen molar-refractivity contribution >= 4 is 16.8 Å². The van der Waals surface area contributed by atoms with E-state index in [-0.39, 0.29) is 0 Å². The lowest BCUT2D eigenvalue weighted by molar-refractivity contribution is -0.0168. The molecule has 2 saturated heterocycles. The molecule has 3 aliphatic rings. The molecule has 0 radical (unpaired) electrons. The fourth-order valence-electron chi connectivity index (χ4n) is 5.63. The molecule has 5 rings (SSSR count). The fraction of sp³-hybridized carbons (Fsp3) is 0.619. The van der Waals surface area contributed by atoms with Gasteiger partial charge in [-0.15, -0.1) is 0 Å². The van der Waals surface area contributed by atoms with E-state index in [0.29, 0.717) is 35.7 Å². The van der Waals surface area contributed by atoms with Crippen molar-refractivity contribution in [1.82, 2.24) is 19.6 Å². The van der Waals surface area contributed by atoms with Crippen LogP contribution in [0.1, 0.15) is 42.2 Å². The van der Waals surface area contributed by atoms with E-state index in [9.17, 15) is 4.79 Å². The van der Waals surface area contributed by atoms with Crippen molar-refractivity contribution in [3.05, 3.63) is 30.0 Å². The number of hydrogen-bond acceptors (Lipinski definition) is 4. The molecule has 3 unspecified atom stereocenters. The van der Waals surface area contributed by atoms with Crippen LogP contribution in [0.15, 0.2) is 24.3 Å². The number of carbonyl (C=O) groups is 1. The van der Waals surface area contributed by atoms with Gasteiger partial charge < -0.3 is 10.6 Å². The number of rotatable bonds is 4. The number of primary amides is 1. The molecule has 1 saturated carbocycles. The van der Waals surface area contributed by atoms with E-state index < -0.39 is 5.91 Å². The fourth-order valence-corrected chi connectivity index (χ4v) is 5.63. The second-order valence-corrected chi connectivity index (χ2v) is 8.93. The Balaban J connectivity index is 1.55. The number of hydrogen-bond donors (Lipinski definition) is 1. The zero-order chi connectivity index (χ0) is 18.7. The largest absolute Gasteiger partial charge is 0.364 e. The summed E-state index contributed by atoms with van der Waals surface area (Å²) in [5.41, 5.74) is 7.12. The van der Waals surface area contributed by atoms with Gasteiger partial charge in [-0.25, -0.2) is 0 Å². The molecule has 1 aliphatic carbocycles. The van der Waals surface area contributed by atoms with Crippen LogP contribution < -0.4 is 5.73 Å². The summed E-state index contributed by atoms with van der Waals surface area (Å²) in [5.74, 6) is 0.865. The molecule has 3 heterocycles. The summed E-state index contributed by atoms with van der Waals surface area (Å²) < 4.78 is 2.17. The van der Waals surface area contributed by atoms with Crippen LogP contribution >= 0.6 is 0 Å². The molecule has 6 heteroatoms. The predicted molar refractivity (Wildman–Crippen MR) is 106 cm³/mol. The average Bonchev–Trinajstić information content (AvgIpc) is 3.38. The summed E-state index contributed by atoms with van der Waals surface area (Å²) in [7, 11) is 4.53. The molecule has 1 amide bonds. The number of nitrogens with zero attached hydrogens (tertiary/aromatic N) is 4. The van der Waals surface area contributed by atoms with Gasteiger partial charge in [0, 0.05) is 30.6 Å². The molecule has 1 aromatic carbocycles. The average molecular weight is 367 g/mol. The lowest BCUT2D eigenvalue weighted by atomic mass is 9.78. The first-order chi connectivity index (χ1) is 13.0. The van der Waals surface area contributed by atoms with E-state index in [4.69, 9.17) is 10.8 Å². The molecular weight excluding hydrogens is 338 g/mol.